The van der Waals surface area contributed by atoms with Gasteiger partial charge in [0.1, 0.15) is 5.75 Å². The third kappa shape index (κ3) is 3.59. The van der Waals surface area contributed by atoms with Gasteiger partial charge in [0.15, 0.2) is 0 Å². The molecule has 0 saturated carbocycles. The zero-order chi connectivity index (χ0) is 17.1. The largest absolute Gasteiger partial charge is 0.494 e. The molecule has 0 N–H and O–H groups in total. The predicted molar refractivity (Wildman–Crippen MR) is 95.7 cm³/mol. The molecule has 0 spiro atoms. The van der Waals surface area contributed by atoms with E-state index in [0.717, 1.165) is 15.8 Å². The van der Waals surface area contributed by atoms with Crippen LogP contribution in [0.1, 0.15) is 12.0 Å². The van der Waals surface area contributed by atoms with Gasteiger partial charge in [0.05, 0.1) is 17.5 Å². The Bertz CT molecular complexity index is 990. The predicted octanol–water partition coefficient (Wildman–Crippen LogP) is 3.49. The van der Waals surface area contributed by atoms with Crippen molar-refractivity contribution in [1.29, 1.82) is 0 Å². The molecule has 3 aromatic rings. The molecule has 0 aliphatic carbocycles. The van der Waals surface area contributed by atoms with Crippen LogP contribution in [0, 0.1) is 6.92 Å². The Kier molecular flexibility index (Phi) is 4.85. The summed E-state index contributed by atoms with van der Waals surface area (Å²) in [4.78, 5) is 23.8. The molecule has 6 heteroatoms. The molecular formula is C18H16BrNO4. The molecule has 3 rings (SSSR count). The van der Waals surface area contributed by atoms with Crippen molar-refractivity contribution in [1.82, 2.24) is 4.57 Å². The van der Waals surface area contributed by atoms with Gasteiger partial charge in [-0.1, -0.05) is 28.1 Å². The third-order valence-corrected chi connectivity index (χ3v) is 4.15. The summed E-state index contributed by atoms with van der Waals surface area (Å²) in [5.41, 5.74) is 1.07. The fourth-order valence-corrected chi connectivity index (χ4v) is 2.89. The van der Waals surface area contributed by atoms with Gasteiger partial charge in [0.2, 0.25) is 0 Å². The molecule has 0 saturated heterocycles. The molecule has 0 atom stereocenters. The normalized spacial score (nSPS) is 10.9. The van der Waals surface area contributed by atoms with Crippen molar-refractivity contribution in [2.45, 2.75) is 19.9 Å². The number of fused-ring (bicyclic) bond motifs is 1. The summed E-state index contributed by atoms with van der Waals surface area (Å²) in [6, 6.07) is 13.0. The van der Waals surface area contributed by atoms with Crippen molar-refractivity contribution in [2.75, 3.05) is 6.61 Å². The van der Waals surface area contributed by atoms with E-state index in [1.54, 1.807) is 18.2 Å². The van der Waals surface area contributed by atoms with Crippen LogP contribution >= 0.6 is 15.9 Å². The maximum atomic E-state index is 12.0. The summed E-state index contributed by atoms with van der Waals surface area (Å²) in [5.74, 6) is 0.154. The Balaban J connectivity index is 1.76. The number of aryl methyl sites for hydroxylation is 2. The number of benzene rings is 2. The van der Waals surface area contributed by atoms with E-state index in [0.29, 0.717) is 30.5 Å². The lowest BCUT2D eigenvalue weighted by Crippen LogP contribution is -2.25. The Labute approximate surface area is 146 Å². The lowest BCUT2D eigenvalue weighted by Gasteiger charge is -2.10. The van der Waals surface area contributed by atoms with Gasteiger partial charge in [0.25, 0.3) is 0 Å². The molecule has 0 aliphatic heterocycles. The molecule has 0 fully saturated rings. The molecule has 124 valence electrons. The fraction of sp³-hybridized carbons (Fsp3) is 0.222. The first-order chi connectivity index (χ1) is 11.5. The van der Waals surface area contributed by atoms with Gasteiger partial charge in [-0.2, -0.15) is 0 Å². The van der Waals surface area contributed by atoms with E-state index in [4.69, 9.17) is 9.15 Å². The van der Waals surface area contributed by atoms with Gasteiger partial charge in [-0.05, 0) is 49.2 Å². The van der Waals surface area contributed by atoms with E-state index in [-0.39, 0.29) is 0 Å². The summed E-state index contributed by atoms with van der Waals surface area (Å²) in [7, 11) is 0. The van der Waals surface area contributed by atoms with E-state index in [2.05, 4.69) is 15.9 Å². The van der Waals surface area contributed by atoms with Gasteiger partial charge < -0.3 is 9.15 Å². The van der Waals surface area contributed by atoms with Gasteiger partial charge in [-0.15, -0.1) is 0 Å². The van der Waals surface area contributed by atoms with Crippen molar-refractivity contribution < 1.29 is 9.15 Å². The summed E-state index contributed by atoms with van der Waals surface area (Å²) >= 11 is 3.32. The van der Waals surface area contributed by atoms with Crippen molar-refractivity contribution in [3.05, 3.63) is 73.5 Å². The van der Waals surface area contributed by atoms with E-state index < -0.39 is 11.4 Å². The smallest absolute Gasteiger partial charge is 0.422 e. The standard InChI is InChI=1S/C18H16BrNO4/c1-12-4-2-5-14(10-12)23-9-3-8-20-16-7-6-13(19)11-15(16)17(21)24-18(20)22/h2,4-7,10-11H,3,8-9H2,1H3. The topological polar surface area (TPSA) is 61.4 Å². The van der Waals surface area contributed by atoms with Crippen LogP contribution in [-0.2, 0) is 6.54 Å². The highest BCUT2D eigenvalue weighted by molar-refractivity contribution is 9.10. The molecule has 1 heterocycles. The SMILES string of the molecule is Cc1cccc(OCCCn2c(=O)oc(=O)c3cc(Br)ccc32)c1. The minimum absolute atomic E-state index is 0.378. The molecule has 0 amide bonds. The Morgan fingerprint density at radius 3 is 2.79 bits per heavy atom. The van der Waals surface area contributed by atoms with E-state index >= 15 is 0 Å². The fourth-order valence-electron chi connectivity index (χ4n) is 2.52. The van der Waals surface area contributed by atoms with Crippen LogP contribution in [0.25, 0.3) is 10.9 Å². The number of aromatic nitrogens is 1. The second-order valence-corrected chi connectivity index (χ2v) is 6.40. The average Bonchev–Trinajstić information content (AvgIpc) is 2.54. The van der Waals surface area contributed by atoms with Gasteiger partial charge in [0, 0.05) is 11.0 Å². The molecule has 0 bridgehead atoms. The highest BCUT2D eigenvalue weighted by atomic mass is 79.9. The molecule has 1 aromatic heterocycles. The van der Waals surface area contributed by atoms with Crippen LogP contribution < -0.4 is 16.1 Å². The molecule has 0 radical (unpaired) electrons. The van der Waals surface area contributed by atoms with E-state index in [1.807, 2.05) is 31.2 Å². The van der Waals surface area contributed by atoms with Crippen molar-refractivity contribution in [3.63, 3.8) is 0 Å². The maximum absolute atomic E-state index is 12.0. The Morgan fingerprint density at radius 1 is 1.17 bits per heavy atom. The van der Waals surface area contributed by atoms with Crippen molar-refractivity contribution >= 4 is 26.8 Å². The van der Waals surface area contributed by atoms with E-state index in [9.17, 15) is 9.59 Å². The summed E-state index contributed by atoms with van der Waals surface area (Å²) in [5, 5.41) is 0.378. The van der Waals surface area contributed by atoms with Gasteiger partial charge >= 0.3 is 11.4 Å². The van der Waals surface area contributed by atoms with Gasteiger partial charge in [-0.3, -0.25) is 4.57 Å². The molecule has 0 unspecified atom stereocenters. The van der Waals surface area contributed by atoms with Crippen molar-refractivity contribution in [3.8, 4) is 5.75 Å². The number of nitrogens with zero attached hydrogens (tertiary/aromatic N) is 1. The molecule has 24 heavy (non-hydrogen) atoms. The van der Waals surface area contributed by atoms with Crippen LogP contribution in [-0.4, -0.2) is 11.2 Å². The summed E-state index contributed by atoms with van der Waals surface area (Å²) in [6.45, 7) is 2.88. The number of rotatable bonds is 5. The summed E-state index contributed by atoms with van der Waals surface area (Å²) < 4.78 is 12.7. The van der Waals surface area contributed by atoms with Crippen LogP contribution in [0.5, 0.6) is 5.75 Å². The Morgan fingerprint density at radius 2 is 2.00 bits per heavy atom. The van der Waals surface area contributed by atoms with Crippen LogP contribution in [0.3, 0.4) is 0 Å². The molecule has 5 nitrogen and oxygen atoms in total. The highest BCUT2D eigenvalue weighted by Gasteiger charge is 2.09. The van der Waals surface area contributed by atoms with Gasteiger partial charge in [-0.25, -0.2) is 9.59 Å². The second kappa shape index (κ2) is 7.05. The van der Waals surface area contributed by atoms with Crippen molar-refractivity contribution in [2.24, 2.45) is 0 Å². The first-order valence-electron chi connectivity index (χ1n) is 7.57. The summed E-state index contributed by atoms with van der Waals surface area (Å²) in [6.07, 6.45) is 0.618. The number of halogens is 1. The second-order valence-electron chi connectivity index (χ2n) is 5.49. The van der Waals surface area contributed by atoms with E-state index in [1.165, 1.54) is 4.57 Å². The third-order valence-electron chi connectivity index (χ3n) is 3.65. The monoisotopic (exact) mass is 389 g/mol. The first-order valence-corrected chi connectivity index (χ1v) is 8.36. The molecular weight excluding hydrogens is 374 g/mol. The Hall–Kier alpha value is -2.34. The van der Waals surface area contributed by atoms with Crippen LogP contribution in [0.15, 0.2) is 60.9 Å². The molecule has 0 aliphatic rings. The minimum Gasteiger partial charge on any atom is -0.494 e. The minimum atomic E-state index is -0.648. The van der Waals surface area contributed by atoms with Crippen LogP contribution in [0.4, 0.5) is 0 Å². The number of hydrogen-bond acceptors (Lipinski definition) is 4. The lowest BCUT2D eigenvalue weighted by atomic mass is 10.2. The maximum Gasteiger partial charge on any atom is 0.422 e. The quantitative estimate of drug-likeness (QED) is 0.626. The molecule has 2 aromatic carbocycles. The number of ether oxygens (including phenoxy) is 1. The lowest BCUT2D eigenvalue weighted by molar-refractivity contribution is 0.296. The van der Waals surface area contributed by atoms with Crippen LogP contribution in [0.2, 0.25) is 0 Å². The first kappa shape index (κ1) is 16.5. The zero-order valence-corrected chi connectivity index (χ0v) is 14.7. The highest BCUT2D eigenvalue weighted by Crippen LogP contribution is 2.16. The number of hydrogen-bond donors (Lipinski definition) is 0. The zero-order valence-electron chi connectivity index (χ0n) is 13.1. The average molecular weight is 390 g/mol.